The molecule has 0 saturated carbocycles. The van der Waals surface area contributed by atoms with E-state index in [9.17, 15) is 9.59 Å². The molecule has 0 radical (unpaired) electrons. The number of primary amides is 1. The van der Waals surface area contributed by atoms with Crippen molar-refractivity contribution >= 4 is 28.5 Å². The number of likely N-dealkylation sites (N-methyl/N-ethyl adjacent to an activating group) is 1. The molecule has 1 aromatic heterocycles. The van der Waals surface area contributed by atoms with Crippen molar-refractivity contribution in [2.75, 3.05) is 12.8 Å². The minimum Gasteiger partial charge on any atom is -0.385 e. The van der Waals surface area contributed by atoms with Crippen LogP contribution in [0.1, 0.15) is 41.5 Å². The number of amides is 2. The van der Waals surface area contributed by atoms with Crippen molar-refractivity contribution in [2.24, 2.45) is 11.1 Å². The zero-order chi connectivity index (χ0) is 18.2. The van der Waals surface area contributed by atoms with E-state index in [1.54, 1.807) is 36.2 Å². The van der Waals surface area contributed by atoms with Gasteiger partial charge in [0, 0.05) is 23.5 Å². The summed E-state index contributed by atoms with van der Waals surface area (Å²) in [5.41, 5.74) is 12.4. The summed E-state index contributed by atoms with van der Waals surface area (Å²) in [6.45, 7) is 10.00. The molecule has 128 valence electrons. The molecule has 1 atom stereocenters. The smallest absolute Gasteiger partial charge is 0.254 e. The lowest BCUT2D eigenvalue weighted by Crippen LogP contribution is -2.43. The zero-order valence-electron chi connectivity index (χ0n) is 14.5. The molecule has 2 rings (SSSR count). The van der Waals surface area contributed by atoms with Gasteiger partial charge in [0.05, 0.1) is 11.6 Å². The van der Waals surface area contributed by atoms with Gasteiger partial charge in [-0.05, 0) is 17.5 Å². The third kappa shape index (κ3) is 2.99. The molecule has 2 aromatic rings. The SMILES string of the molecule is C=C[C@H](N(C)C(=O)c1ccc2c(C(N)=O)c(N)[nH]c2c1)C(C)(C)C. The number of nitrogens with zero attached hydrogens (tertiary/aromatic N) is 1. The van der Waals surface area contributed by atoms with E-state index in [0.717, 1.165) is 0 Å². The summed E-state index contributed by atoms with van der Waals surface area (Å²) in [6.07, 6.45) is 1.77. The van der Waals surface area contributed by atoms with Gasteiger partial charge in [0.1, 0.15) is 5.82 Å². The van der Waals surface area contributed by atoms with Gasteiger partial charge in [0.2, 0.25) is 0 Å². The number of aromatic nitrogens is 1. The molecule has 0 aliphatic heterocycles. The van der Waals surface area contributed by atoms with E-state index >= 15 is 0 Å². The Hall–Kier alpha value is -2.76. The van der Waals surface area contributed by atoms with Crippen LogP contribution in [-0.4, -0.2) is 34.8 Å². The molecule has 1 aromatic carbocycles. The molecular formula is C18H24N4O2. The number of H-pyrrole nitrogens is 1. The first-order valence-electron chi connectivity index (χ1n) is 7.68. The summed E-state index contributed by atoms with van der Waals surface area (Å²) in [4.78, 5) is 28.9. The zero-order valence-corrected chi connectivity index (χ0v) is 14.5. The van der Waals surface area contributed by atoms with Crippen LogP contribution in [-0.2, 0) is 0 Å². The summed E-state index contributed by atoms with van der Waals surface area (Å²) in [5.74, 6) is -0.533. The van der Waals surface area contributed by atoms with E-state index in [0.29, 0.717) is 16.5 Å². The molecule has 2 amide bonds. The van der Waals surface area contributed by atoms with Crippen LogP contribution in [0.2, 0.25) is 0 Å². The van der Waals surface area contributed by atoms with Gasteiger partial charge in [0.15, 0.2) is 0 Å². The van der Waals surface area contributed by atoms with Gasteiger partial charge >= 0.3 is 0 Å². The third-order valence-corrected chi connectivity index (χ3v) is 4.17. The Labute approximate surface area is 141 Å². The maximum Gasteiger partial charge on any atom is 0.254 e. The number of carbonyl (C=O) groups is 2. The third-order valence-electron chi connectivity index (χ3n) is 4.17. The van der Waals surface area contributed by atoms with Gasteiger partial charge < -0.3 is 21.4 Å². The Morgan fingerprint density at radius 3 is 2.46 bits per heavy atom. The fraction of sp³-hybridized carbons (Fsp3) is 0.333. The van der Waals surface area contributed by atoms with Crippen LogP contribution in [0.15, 0.2) is 30.9 Å². The molecule has 0 aliphatic carbocycles. The lowest BCUT2D eigenvalue weighted by molar-refractivity contribution is 0.0669. The number of anilines is 1. The Kier molecular flexibility index (Phi) is 4.42. The fourth-order valence-corrected chi connectivity index (χ4v) is 3.04. The van der Waals surface area contributed by atoms with Gasteiger partial charge in [-0.2, -0.15) is 0 Å². The first-order chi connectivity index (χ1) is 11.1. The molecular weight excluding hydrogens is 304 g/mol. The van der Waals surface area contributed by atoms with Gasteiger partial charge in [-0.3, -0.25) is 9.59 Å². The largest absolute Gasteiger partial charge is 0.385 e. The minimum atomic E-state index is -0.602. The number of nitrogens with one attached hydrogen (secondary N) is 1. The highest BCUT2D eigenvalue weighted by atomic mass is 16.2. The molecule has 6 heteroatoms. The van der Waals surface area contributed by atoms with E-state index in [1.807, 2.05) is 0 Å². The van der Waals surface area contributed by atoms with E-state index in [4.69, 9.17) is 11.5 Å². The predicted molar refractivity (Wildman–Crippen MR) is 96.8 cm³/mol. The number of nitrogen functional groups attached to an aromatic ring is 1. The van der Waals surface area contributed by atoms with Crippen molar-refractivity contribution in [3.63, 3.8) is 0 Å². The molecule has 6 nitrogen and oxygen atoms in total. The standard InChI is InChI=1S/C18H24N4O2/c1-6-13(18(2,3)4)22(5)17(24)10-7-8-11-12(9-10)21-15(19)14(11)16(20)23/h6-9,13,21H,1,19H2,2-5H3,(H2,20,23)/t13-/m0/s1. The highest BCUT2D eigenvalue weighted by Crippen LogP contribution is 2.28. The molecule has 0 fully saturated rings. The summed E-state index contributed by atoms with van der Waals surface area (Å²) in [7, 11) is 1.75. The minimum absolute atomic E-state index is 0.115. The number of hydrogen-bond donors (Lipinski definition) is 3. The summed E-state index contributed by atoms with van der Waals surface area (Å²) >= 11 is 0. The quantitative estimate of drug-likeness (QED) is 0.751. The Morgan fingerprint density at radius 2 is 1.96 bits per heavy atom. The highest BCUT2D eigenvalue weighted by molar-refractivity contribution is 6.11. The average Bonchev–Trinajstić information content (AvgIpc) is 2.80. The second-order valence-corrected chi connectivity index (χ2v) is 7.00. The van der Waals surface area contributed by atoms with Crippen LogP contribution in [0.25, 0.3) is 10.9 Å². The molecule has 0 spiro atoms. The molecule has 0 unspecified atom stereocenters. The van der Waals surface area contributed by atoms with Gasteiger partial charge in [-0.15, -0.1) is 6.58 Å². The number of benzene rings is 1. The normalized spacial score (nSPS) is 12.8. The van der Waals surface area contributed by atoms with Crippen LogP contribution in [0.3, 0.4) is 0 Å². The number of rotatable bonds is 4. The molecule has 0 bridgehead atoms. The lowest BCUT2D eigenvalue weighted by atomic mass is 9.85. The topological polar surface area (TPSA) is 105 Å². The Bertz CT molecular complexity index is 814. The summed E-state index contributed by atoms with van der Waals surface area (Å²) < 4.78 is 0. The maximum atomic E-state index is 12.8. The first-order valence-corrected chi connectivity index (χ1v) is 7.68. The molecule has 0 saturated heterocycles. The summed E-state index contributed by atoms with van der Waals surface area (Å²) in [5, 5.41) is 0.607. The summed E-state index contributed by atoms with van der Waals surface area (Å²) in [6, 6.07) is 4.92. The highest BCUT2D eigenvalue weighted by Gasteiger charge is 2.29. The van der Waals surface area contributed by atoms with Crippen molar-refractivity contribution in [1.82, 2.24) is 9.88 Å². The van der Waals surface area contributed by atoms with Crippen molar-refractivity contribution in [3.8, 4) is 0 Å². The van der Waals surface area contributed by atoms with Crippen LogP contribution in [0, 0.1) is 5.41 Å². The van der Waals surface area contributed by atoms with Crippen LogP contribution in [0.5, 0.6) is 0 Å². The van der Waals surface area contributed by atoms with E-state index in [-0.39, 0.29) is 28.7 Å². The van der Waals surface area contributed by atoms with E-state index in [2.05, 4.69) is 32.3 Å². The Balaban J connectivity index is 2.44. The van der Waals surface area contributed by atoms with Gasteiger partial charge in [-0.25, -0.2) is 0 Å². The molecule has 0 aliphatic rings. The van der Waals surface area contributed by atoms with Crippen LogP contribution < -0.4 is 11.5 Å². The van der Waals surface area contributed by atoms with Crippen molar-refractivity contribution in [1.29, 1.82) is 0 Å². The predicted octanol–water partition coefficient (Wildman–Crippen LogP) is 2.52. The van der Waals surface area contributed by atoms with Crippen molar-refractivity contribution in [2.45, 2.75) is 26.8 Å². The average molecular weight is 328 g/mol. The van der Waals surface area contributed by atoms with Crippen molar-refractivity contribution in [3.05, 3.63) is 42.0 Å². The second-order valence-electron chi connectivity index (χ2n) is 7.00. The van der Waals surface area contributed by atoms with E-state index in [1.165, 1.54) is 0 Å². The molecule has 24 heavy (non-hydrogen) atoms. The Morgan fingerprint density at radius 1 is 1.33 bits per heavy atom. The number of carbonyl (C=O) groups excluding carboxylic acids is 2. The monoisotopic (exact) mass is 328 g/mol. The lowest BCUT2D eigenvalue weighted by Gasteiger charge is -2.36. The number of aromatic amines is 1. The van der Waals surface area contributed by atoms with Crippen LogP contribution in [0.4, 0.5) is 5.82 Å². The number of nitrogens with two attached hydrogens (primary N) is 2. The first kappa shape index (κ1) is 17.6. The van der Waals surface area contributed by atoms with Gasteiger partial charge in [0.25, 0.3) is 11.8 Å². The molecule has 1 heterocycles. The van der Waals surface area contributed by atoms with E-state index < -0.39 is 5.91 Å². The molecule has 5 N–H and O–H groups in total. The van der Waals surface area contributed by atoms with Gasteiger partial charge in [-0.1, -0.05) is 32.9 Å². The number of hydrogen-bond acceptors (Lipinski definition) is 3. The van der Waals surface area contributed by atoms with Crippen molar-refractivity contribution < 1.29 is 9.59 Å². The second kappa shape index (κ2) is 6.03. The maximum absolute atomic E-state index is 12.8. The van der Waals surface area contributed by atoms with Crippen LogP contribution >= 0.6 is 0 Å². The number of fused-ring (bicyclic) bond motifs is 1. The fourth-order valence-electron chi connectivity index (χ4n) is 3.04.